The predicted molar refractivity (Wildman–Crippen MR) is 78.3 cm³/mol. The van der Waals surface area contributed by atoms with Crippen molar-refractivity contribution in [2.75, 3.05) is 14.2 Å². The summed E-state index contributed by atoms with van der Waals surface area (Å²) in [6.07, 6.45) is 1.67. The molecule has 4 nitrogen and oxygen atoms in total. The lowest BCUT2D eigenvalue weighted by molar-refractivity contribution is 0.356. The van der Waals surface area contributed by atoms with Gasteiger partial charge in [-0.1, -0.05) is 17.7 Å². The molecule has 0 aliphatic rings. The fraction of sp³-hybridized carbons (Fsp3) is 0.167. The highest BCUT2D eigenvalue weighted by molar-refractivity contribution is 14.1. The Balaban J connectivity index is 2.59. The van der Waals surface area contributed by atoms with Crippen LogP contribution < -0.4 is 9.47 Å². The van der Waals surface area contributed by atoms with Crippen molar-refractivity contribution in [3.63, 3.8) is 0 Å². The SMILES string of the molecule is COc1cccc(-c2ncc(I)c(Cl)n2)c1OC. The molecule has 6 heteroatoms. The van der Waals surface area contributed by atoms with E-state index >= 15 is 0 Å². The number of methoxy groups -OCH3 is 2. The lowest BCUT2D eigenvalue weighted by atomic mass is 10.1. The summed E-state index contributed by atoms with van der Waals surface area (Å²) in [5.41, 5.74) is 0.746. The number of ether oxygens (including phenoxy) is 2. The molecule has 0 aliphatic carbocycles. The quantitative estimate of drug-likeness (QED) is 0.608. The molecule has 0 fully saturated rings. The summed E-state index contributed by atoms with van der Waals surface area (Å²) >= 11 is 8.08. The van der Waals surface area contributed by atoms with E-state index in [4.69, 9.17) is 21.1 Å². The van der Waals surface area contributed by atoms with Gasteiger partial charge in [0.05, 0.1) is 23.4 Å². The Morgan fingerprint density at radius 3 is 2.61 bits per heavy atom. The van der Waals surface area contributed by atoms with Gasteiger partial charge in [0, 0.05) is 6.20 Å². The zero-order chi connectivity index (χ0) is 13.1. The number of benzene rings is 1. The number of aromatic nitrogens is 2. The van der Waals surface area contributed by atoms with Crippen LogP contribution in [0.15, 0.2) is 24.4 Å². The maximum atomic E-state index is 6.00. The molecular formula is C12H10ClIN2O2. The van der Waals surface area contributed by atoms with Crippen molar-refractivity contribution in [3.8, 4) is 22.9 Å². The monoisotopic (exact) mass is 376 g/mol. The Bertz CT molecular complexity index is 578. The van der Waals surface area contributed by atoms with Crippen LogP contribution in [0.2, 0.25) is 5.15 Å². The van der Waals surface area contributed by atoms with Crippen molar-refractivity contribution in [3.05, 3.63) is 33.1 Å². The van der Waals surface area contributed by atoms with E-state index in [1.807, 2.05) is 18.2 Å². The van der Waals surface area contributed by atoms with E-state index in [0.29, 0.717) is 22.5 Å². The molecule has 18 heavy (non-hydrogen) atoms. The van der Waals surface area contributed by atoms with Gasteiger partial charge in [0.2, 0.25) is 0 Å². The third kappa shape index (κ3) is 2.51. The summed E-state index contributed by atoms with van der Waals surface area (Å²) < 4.78 is 11.4. The molecule has 0 unspecified atom stereocenters. The molecule has 94 valence electrons. The van der Waals surface area contributed by atoms with E-state index in [1.165, 1.54) is 0 Å². The third-order valence-electron chi connectivity index (χ3n) is 2.35. The molecule has 0 aliphatic heterocycles. The van der Waals surface area contributed by atoms with E-state index in [0.717, 1.165) is 9.13 Å². The Morgan fingerprint density at radius 1 is 1.22 bits per heavy atom. The average molecular weight is 377 g/mol. The molecule has 2 aromatic rings. The molecule has 2 rings (SSSR count). The van der Waals surface area contributed by atoms with Crippen molar-refractivity contribution in [2.45, 2.75) is 0 Å². The largest absolute Gasteiger partial charge is 0.493 e. The summed E-state index contributed by atoms with van der Waals surface area (Å²) in [6.45, 7) is 0. The summed E-state index contributed by atoms with van der Waals surface area (Å²) in [5, 5.41) is 0.422. The first kappa shape index (κ1) is 13.4. The number of nitrogens with zero attached hydrogens (tertiary/aromatic N) is 2. The number of rotatable bonds is 3. The topological polar surface area (TPSA) is 44.2 Å². The van der Waals surface area contributed by atoms with Gasteiger partial charge < -0.3 is 9.47 Å². The minimum absolute atomic E-state index is 0.422. The summed E-state index contributed by atoms with van der Waals surface area (Å²) in [7, 11) is 3.17. The lowest BCUT2D eigenvalue weighted by Crippen LogP contribution is -1.97. The van der Waals surface area contributed by atoms with Gasteiger partial charge in [0.15, 0.2) is 17.3 Å². The molecule has 0 saturated heterocycles. The molecule has 0 atom stereocenters. The third-order valence-corrected chi connectivity index (χ3v) is 3.74. The maximum absolute atomic E-state index is 6.00. The summed E-state index contributed by atoms with van der Waals surface area (Å²) in [5.74, 6) is 1.74. The first-order valence-corrected chi connectivity index (χ1v) is 6.52. The highest BCUT2D eigenvalue weighted by Crippen LogP contribution is 2.36. The van der Waals surface area contributed by atoms with Gasteiger partial charge in [-0.3, -0.25) is 0 Å². The van der Waals surface area contributed by atoms with E-state index in [-0.39, 0.29) is 0 Å². The van der Waals surface area contributed by atoms with Crippen LogP contribution in [0, 0.1) is 3.57 Å². The van der Waals surface area contributed by atoms with E-state index < -0.39 is 0 Å². The van der Waals surface area contributed by atoms with Crippen LogP contribution in [-0.2, 0) is 0 Å². The molecule has 0 spiro atoms. The van der Waals surface area contributed by atoms with Gasteiger partial charge in [-0.2, -0.15) is 0 Å². The van der Waals surface area contributed by atoms with Gasteiger partial charge in [0.25, 0.3) is 0 Å². The van der Waals surface area contributed by atoms with Crippen LogP contribution >= 0.6 is 34.2 Å². The van der Waals surface area contributed by atoms with E-state index in [1.54, 1.807) is 20.4 Å². The van der Waals surface area contributed by atoms with Gasteiger partial charge in [0.1, 0.15) is 5.15 Å². The predicted octanol–water partition coefficient (Wildman–Crippen LogP) is 3.42. The van der Waals surface area contributed by atoms with E-state index in [9.17, 15) is 0 Å². The highest BCUT2D eigenvalue weighted by Gasteiger charge is 2.14. The molecule has 0 amide bonds. The average Bonchev–Trinajstić information content (AvgIpc) is 2.40. The number of halogens is 2. The Labute approximate surface area is 123 Å². The first-order valence-electron chi connectivity index (χ1n) is 5.06. The van der Waals surface area contributed by atoms with E-state index in [2.05, 4.69) is 32.6 Å². The Hall–Kier alpha value is -1.08. The fourth-order valence-corrected chi connectivity index (χ4v) is 1.93. The smallest absolute Gasteiger partial charge is 0.171 e. The highest BCUT2D eigenvalue weighted by atomic mass is 127. The minimum atomic E-state index is 0.422. The number of hydrogen-bond acceptors (Lipinski definition) is 4. The van der Waals surface area contributed by atoms with Crippen LogP contribution in [-0.4, -0.2) is 24.2 Å². The van der Waals surface area contributed by atoms with Crippen molar-refractivity contribution < 1.29 is 9.47 Å². The normalized spacial score (nSPS) is 10.2. The molecule has 0 bridgehead atoms. The Kier molecular flexibility index (Phi) is 4.23. The van der Waals surface area contributed by atoms with Gasteiger partial charge in [-0.15, -0.1) is 0 Å². The second-order valence-electron chi connectivity index (χ2n) is 3.37. The second-order valence-corrected chi connectivity index (χ2v) is 4.89. The van der Waals surface area contributed by atoms with Crippen LogP contribution in [0.1, 0.15) is 0 Å². The van der Waals surface area contributed by atoms with Crippen molar-refractivity contribution in [1.82, 2.24) is 9.97 Å². The van der Waals surface area contributed by atoms with Crippen LogP contribution in [0.5, 0.6) is 11.5 Å². The standard InChI is InChI=1S/C12H10ClIN2O2/c1-17-9-5-3-4-7(10(9)18-2)12-15-6-8(14)11(13)16-12/h3-6H,1-2H3. The van der Waals surface area contributed by atoms with Gasteiger partial charge >= 0.3 is 0 Å². The van der Waals surface area contributed by atoms with Gasteiger partial charge in [-0.05, 0) is 34.7 Å². The van der Waals surface area contributed by atoms with Crippen molar-refractivity contribution in [1.29, 1.82) is 0 Å². The molecule has 1 aromatic heterocycles. The fourth-order valence-electron chi connectivity index (χ4n) is 1.54. The Morgan fingerprint density at radius 2 is 2.00 bits per heavy atom. The molecule has 0 saturated carbocycles. The van der Waals surface area contributed by atoms with Crippen LogP contribution in [0.4, 0.5) is 0 Å². The maximum Gasteiger partial charge on any atom is 0.171 e. The first-order chi connectivity index (χ1) is 8.67. The van der Waals surface area contributed by atoms with Crippen molar-refractivity contribution >= 4 is 34.2 Å². The summed E-state index contributed by atoms with van der Waals surface area (Å²) in [6, 6.07) is 5.53. The zero-order valence-corrected chi connectivity index (χ0v) is 12.7. The zero-order valence-electron chi connectivity index (χ0n) is 9.78. The summed E-state index contributed by atoms with van der Waals surface area (Å²) in [4.78, 5) is 8.49. The molecule has 1 aromatic carbocycles. The van der Waals surface area contributed by atoms with Crippen molar-refractivity contribution in [2.24, 2.45) is 0 Å². The number of hydrogen-bond donors (Lipinski definition) is 0. The molecular weight excluding hydrogens is 367 g/mol. The molecule has 1 heterocycles. The molecule has 0 N–H and O–H groups in total. The number of para-hydroxylation sites is 1. The van der Waals surface area contributed by atoms with Crippen LogP contribution in [0.3, 0.4) is 0 Å². The lowest BCUT2D eigenvalue weighted by Gasteiger charge is -2.11. The minimum Gasteiger partial charge on any atom is -0.493 e. The second kappa shape index (κ2) is 5.71. The van der Waals surface area contributed by atoms with Crippen LogP contribution in [0.25, 0.3) is 11.4 Å². The van der Waals surface area contributed by atoms with Gasteiger partial charge in [-0.25, -0.2) is 9.97 Å². The molecule has 0 radical (unpaired) electrons.